The van der Waals surface area contributed by atoms with Crippen molar-refractivity contribution < 1.29 is 17.6 Å². The van der Waals surface area contributed by atoms with Crippen LogP contribution in [-0.2, 0) is 14.8 Å². The van der Waals surface area contributed by atoms with Crippen molar-refractivity contribution in [3.8, 4) is 0 Å². The molecule has 0 aliphatic carbocycles. The number of carbonyl (C=O) groups excluding carboxylic acids is 1. The molecule has 0 atom stereocenters. The predicted octanol–water partition coefficient (Wildman–Crippen LogP) is 4.04. The zero-order valence-electron chi connectivity index (χ0n) is 14.5. The molecule has 1 amide bonds. The van der Waals surface area contributed by atoms with Crippen LogP contribution in [0.4, 0.5) is 11.4 Å². The van der Waals surface area contributed by atoms with E-state index in [1.807, 2.05) is 6.92 Å². The minimum absolute atomic E-state index is 0.188. The second kappa shape index (κ2) is 7.92. The van der Waals surface area contributed by atoms with Crippen molar-refractivity contribution in [3.63, 3.8) is 0 Å². The van der Waals surface area contributed by atoms with Crippen molar-refractivity contribution >= 4 is 33.4 Å². The Hall–Kier alpha value is -3.32. The monoisotopic (exact) mass is 382 g/mol. The molecule has 0 spiro atoms. The second-order valence-corrected chi connectivity index (χ2v) is 7.52. The molecule has 0 unspecified atom stereocenters. The van der Waals surface area contributed by atoms with Gasteiger partial charge in [-0.1, -0.05) is 17.7 Å². The van der Waals surface area contributed by atoms with Gasteiger partial charge in [-0.2, -0.15) is 0 Å². The molecule has 138 valence electrons. The standard InChI is InChI=1S/C20H18N2O4S/c1-15-4-11-19(12-5-15)27(24,25)22-17-8-6-16(7-9-17)21-20(23)13-10-18-3-2-14-26-18/h2-14,22H,1H3,(H,21,23)/b13-10+. The van der Waals surface area contributed by atoms with Crippen LogP contribution in [0.2, 0.25) is 0 Å². The van der Waals surface area contributed by atoms with Crippen molar-refractivity contribution in [3.05, 3.63) is 84.3 Å². The highest BCUT2D eigenvalue weighted by Gasteiger charge is 2.13. The summed E-state index contributed by atoms with van der Waals surface area (Å²) in [5.41, 5.74) is 1.93. The van der Waals surface area contributed by atoms with Gasteiger partial charge in [0.1, 0.15) is 5.76 Å². The van der Waals surface area contributed by atoms with Crippen molar-refractivity contribution in [1.82, 2.24) is 0 Å². The molecule has 6 nitrogen and oxygen atoms in total. The largest absolute Gasteiger partial charge is 0.465 e. The lowest BCUT2D eigenvalue weighted by molar-refractivity contribution is -0.111. The van der Waals surface area contributed by atoms with Gasteiger partial charge in [-0.15, -0.1) is 0 Å². The molecule has 0 fully saturated rings. The highest BCUT2D eigenvalue weighted by molar-refractivity contribution is 7.92. The maximum Gasteiger partial charge on any atom is 0.261 e. The first-order chi connectivity index (χ1) is 12.9. The van der Waals surface area contributed by atoms with E-state index in [9.17, 15) is 13.2 Å². The van der Waals surface area contributed by atoms with E-state index in [1.165, 1.54) is 12.3 Å². The summed E-state index contributed by atoms with van der Waals surface area (Å²) in [6.07, 6.45) is 4.43. The summed E-state index contributed by atoms with van der Waals surface area (Å²) in [4.78, 5) is 12.1. The SMILES string of the molecule is Cc1ccc(S(=O)(=O)Nc2ccc(NC(=O)/C=C/c3ccco3)cc2)cc1. The smallest absolute Gasteiger partial charge is 0.261 e. The van der Waals surface area contributed by atoms with Gasteiger partial charge in [0.2, 0.25) is 5.91 Å². The predicted molar refractivity (Wildman–Crippen MR) is 105 cm³/mol. The summed E-state index contributed by atoms with van der Waals surface area (Å²) in [7, 11) is -3.66. The first-order valence-electron chi connectivity index (χ1n) is 8.14. The maximum atomic E-state index is 12.4. The van der Waals surface area contributed by atoms with Crippen LogP contribution < -0.4 is 10.0 Å². The third kappa shape index (κ3) is 5.08. The quantitative estimate of drug-likeness (QED) is 0.630. The van der Waals surface area contributed by atoms with Gasteiger partial charge < -0.3 is 9.73 Å². The van der Waals surface area contributed by atoms with Gasteiger partial charge in [-0.3, -0.25) is 9.52 Å². The first-order valence-corrected chi connectivity index (χ1v) is 9.63. The molecule has 27 heavy (non-hydrogen) atoms. The van der Waals surface area contributed by atoms with E-state index in [1.54, 1.807) is 66.7 Å². The van der Waals surface area contributed by atoms with E-state index >= 15 is 0 Å². The highest BCUT2D eigenvalue weighted by atomic mass is 32.2. The van der Waals surface area contributed by atoms with E-state index < -0.39 is 10.0 Å². The Bertz CT molecular complexity index is 1040. The van der Waals surface area contributed by atoms with Crippen LogP contribution in [0.15, 0.2) is 82.3 Å². The fourth-order valence-electron chi connectivity index (χ4n) is 2.28. The van der Waals surface area contributed by atoms with Crippen LogP contribution in [0.25, 0.3) is 6.08 Å². The van der Waals surface area contributed by atoms with Crippen molar-refractivity contribution in [2.75, 3.05) is 10.0 Å². The van der Waals surface area contributed by atoms with Crippen LogP contribution in [0.5, 0.6) is 0 Å². The van der Waals surface area contributed by atoms with Crippen LogP contribution in [-0.4, -0.2) is 14.3 Å². The molecule has 2 N–H and O–H groups in total. The molecule has 1 heterocycles. The van der Waals surface area contributed by atoms with Gasteiger partial charge in [-0.05, 0) is 61.5 Å². The van der Waals surface area contributed by atoms with Gasteiger partial charge in [0, 0.05) is 17.5 Å². The average Bonchev–Trinajstić information content (AvgIpc) is 3.15. The van der Waals surface area contributed by atoms with Crippen LogP contribution >= 0.6 is 0 Å². The lowest BCUT2D eigenvalue weighted by Crippen LogP contribution is -2.13. The number of benzene rings is 2. The molecule has 0 saturated carbocycles. The Morgan fingerprint density at radius 1 is 0.963 bits per heavy atom. The molecular formula is C20H18N2O4S. The highest BCUT2D eigenvalue weighted by Crippen LogP contribution is 2.19. The Morgan fingerprint density at radius 3 is 2.26 bits per heavy atom. The summed E-state index contributed by atoms with van der Waals surface area (Å²) in [6.45, 7) is 1.89. The van der Waals surface area contributed by atoms with E-state index in [-0.39, 0.29) is 10.8 Å². The number of aryl methyl sites for hydroxylation is 1. The number of sulfonamides is 1. The average molecular weight is 382 g/mol. The lowest BCUT2D eigenvalue weighted by atomic mass is 10.2. The van der Waals surface area contributed by atoms with Gasteiger partial charge in [-0.25, -0.2) is 8.42 Å². The van der Waals surface area contributed by atoms with Crippen molar-refractivity contribution in [2.24, 2.45) is 0 Å². The van der Waals surface area contributed by atoms with E-state index in [0.29, 0.717) is 17.1 Å². The molecule has 0 radical (unpaired) electrons. The summed E-state index contributed by atoms with van der Waals surface area (Å²) < 4.78 is 32.4. The summed E-state index contributed by atoms with van der Waals surface area (Å²) in [5.74, 6) is 0.255. The number of hydrogen-bond acceptors (Lipinski definition) is 4. The Morgan fingerprint density at radius 2 is 1.63 bits per heavy atom. The topological polar surface area (TPSA) is 88.4 Å². The molecule has 7 heteroatoms. The summed E-state index contributed by atoms with van der Waals surface area (Å²) in [6, 6.07) is 16.4. The number of anilines is 2. The third-order valence-electron chi connectivity index (χ3n) is 3.68. The number of nitrogens with one attached hydrogen (secondary N) is 2. The number of carbonyl (C=O) groups is 1. The number of rotatable bonds is 6. The zero-order chi connectivity index (χ0) is 19.3. The summed E-state index contributed by atoms with van der Waals surface area (Å²) in [5, 5.41) is 2.69. The van der Waals surface area contributed by atoms with Crippen molar-refractivity contribution in [1.29, 1.82) is 0 Å². The Labute approximate surface area is 157 Å². The number of hydrogen-bond donors (Lipinski definition) is 2. The second-order valence-electron chi connectivity index (χ2n) is 5.83. The number of amides is 1. The van der Waals surface area contributed by atoms with Crippen LogP contribution in [0, 0.1) is 6.92 Å². The molecule has 0 aliphatic rings. The zero-order valence-corrected chi connectivity index (χ0v) is 15.4. The van der Waals surface area contributed by atoms with E-state index in [0.717, 1.165) is 5.56 Å². The molecule has 2 aromatic carbocycles. The maximum absolute atomic E-state index is 12.4. The molecular weight excluding hydrogens is 364 g/mol. The minimum atomic E-state index is -3.66. The Balaban J connectivity index is 1.63. The van der Waals surface area contributed by atoms with Gasteiger partial charge in [0.05, 0.1) is 11.2 Å². The lowest BCUT2D eigenvalue weighted by Gasteiger charge is -2.09. The molecule has 1 aromatic heterocycles. The molecule has 0 bridgehead atoms. The normalized spacial score (nSPS) is 11.4. The Kier molecular flexibility index (Phi) is 5.42. The van der Waals surface area contributed by atoms with Crippen molar-refractivity contribution in [2.45, 2.75) is 11.8 Å². The molecule has 0 aliphatic heterocycles. The first kappa shape index (κ1) is 18.5. The fraction of sp³-hybridized carbons (Fsp3) is 0.0500. The van der Waals surface area contributed by atoms with E-state index in [2.05, 4.69) is 10.0 Å². The number of furan rings is 1. The summed E-state index contributed by atoms with van der Waals surface area (Å²) >= 11 is 0. The minimum Gasteiger partial charge on any atom is -0.465 e. The van der Waals surface area contributed by atoms with Gasteiger partial charge >= 0.3 is 0 Å². The molecule has 3 aromatic rings. The third-order valence-corrected chi connectivity index (χ3v) is 5.08. The molecule has 0 saturated heterocycles. The van der Waals surface area contributed by atoms with Crippen LogP contribution in [0.1, 0.15) is 11.3 Å². The van der Waals surface area contributed by atoms with Gasteiger partial charge in [0.25, 0.3) is 10.0 Å². The molecule has 3 rings (SSSR count). The fourth-order valence-corrected chi connectivity index (χ4v) is 3.34. The van der Waals surface area contributed by atoms with Gasteiger partial charge in [0.15, 0.2) is 0 Å². The van der Waals surface area contributed by atoms with E-state index in [4.69, 9.17) is 4.42 Å². The van der Waals surface area contributed by atoms with Crippen LogP contribution in [0.3, 0.4) is 0 Å².